The van der Waals surface area contributed by atoms with Gasteiger partial charge in [0.25, 0.3) is 0 Å². The maximum Gasteiger partial charge on any atom is 0.303 e. The van der Waals surface area contributed by atoms with Crippen LogP contribution in [0.1, 0.15) is 32.6 Å². The lowest BCUT2D eigenvalue weighted by Gasteiger charge is -2.09. The lowest BCUT2D eigenvalue weighted by atomic mass is 10.3. The van der Waals surface area contributed by atoms with E-state index in [4.69, 9.17) is 10.8 Å². The van der Waals surface area contributed by atoms with Crippen LogP contribution in [-0.2, 0) is 4.79 Å². The zero-order chi connectivity index (χ0) is 14.1. The first-order valence-electron chi connectivity index (χ1n) is 6.46. The molecule has 1 aromatic rings. The molecule has 0 saturated carbocycles. The molecule has 1 aromatic heterocycles. The average molecular weight is 267 g/mol. The summed E-state index contributed by atoms with van der Waals surface area (Å²) in [6.07, 6.45) is 2.84. The van der Waals surface area contributed by atoms with Crippen LogP contribution in [0.2, 0.25) is 0 Å². The molecule has 7 heteroatoms. The predicted molar refractivity (Wildman–Crippen MR) is 75.2 cm³/mol. The van der Waals surface area contributed by atoms with Crippen LogP contribution in [0.25, 0.3) is 0 Å². The van der Waals surface area contributed by atoms with E-state index in [1.807, 2.05) is 0 Å². The van der Waals surface area contributed by atoms with Crippen molar-refractivity contribution in [3.8, 4) is 0 Å². The van der Waals surface area contributed by atoms with Crippen molar-refractivity contribution in [3.05, 3.63) is 6.07 Å². The Hall–Kier alpha value is -2.05. The molecule has 0 aliphatic carbocycles. The second-order valence-electron chi connectivity index (χ2n) is 4.20. The Balaban J connectivity index is 2.46. The molecule has 0 fully saturated rings. The summed E-state index contributed by atoms with van der Waals surface area (Å²) >= 11 is 0. The first-order valence-corrected chi connectivity index (χ1v) is 6.46. The van der Waals surface area contributed by atoms with Gasteiger partial charge in [0, 0.05) is 25.6 Å². The molecular formula is C12H21N5O2. The molecule has 19 heavy (non-hydrogen) atoms. The van der Waals surface area contributed by atoms with Crippen molar-refractivity contribution >= 4 is 23.6 Å². The number of nitrogens with two attached hydrogens (primary N) is 1. The monoisotopic (exact) mass is 267 g/mol. The van der Waals surface area contributed by atoms with Crippen LogP contribution in [0, 0.1) is 0 Å². The summed E-state index contributed by atoms with van der Waals surface area (Å²) in [6, 6.07) is 1.77. The number of carbonyl (C=O) groups is 1. The van der Waals surface area contributed by atoms with Gasteiger partial charge in [-0.15, -0.1) is 0 Å². The minimum Gasteiger partial charge on any atom is -0.481 e. The zero-order valence-electron chi connectivity index (χ0n) is 11.1. The fourth-order valence-corrected chi connectivity index (χ4v) is 1.50. The number of hydrogen-bond donors (Lipinski definition) is 4. The number of anilines is 3. The summed E-state index contributed by atoms with van der Waals surface area (Å²) in [5.41, 5.74) is 5.62. The number of carboxylic acids is 1. The van der Waals surface area contributed by atoms with Gasteiger partial charge in [0.05, 0.1) is 0 Å². The highest BCUT2D eigenvalue weighted by molar-refractivity contribution is 5.66. The second kappa shape index (κ2) is 8.12. The molecule has 1 rings (SSSR count). The van der Waals surface area contributed by atoms with Gasteiger partial charge in [-0.25, -0.2) is 0 Å². The van der Waals surface area contributed by atoms with E-state index in [2.05, 4.69) is 27.5 Å². The summed E-state index contributed by atoms with van der Waals surface area (Å²) in [4.78, 5) is 18.5. The van der Waals surface area contributed by atoms with Gasteiger partial charge in [0.15, 0.2) is 0 Å². The third-order valence-corrected chi connectivity index (χ3v) is 2.45. The van der Waals surface area contributed by atoms with Crippen molar-refractivity contribution in [2.75, 3.05) is 29.5 Å². The van der Waals surface area contributed by atoms with Crippen molar-refractivity contribution < 1.29 is 9.90 Å². The zero-order valence-corrected chi connectivity index (χ0v) is 11.1. The number of nitrogens with one attached hydrogen (secondary N) is 2. The van der Waals surface area contributed by atoms with Crippen molar-refractivity contribution in [2.45, 2.75) is 32.6 Å². The van der Waals surface area contributed by atoms with E-state index in [0.717, 1.165) is 19.4 Å². The van der Waals surface area contributed by atoms with Crippen LogP contribution in [0.5, 0.6) is 0 Å². The molecule has 0 unspecified atom stereocenters. The Bertz CT molecular complexity index is 411. The molecule has 1 heterocycles. The number of nitrogens with zero attached hydrogens (tertiary/aromatic N) is 2. The smallest absolute Gasteiger partial charge is 0.303 e. The fourth-order valence-electron chi connectivity index (χ4n) is 1.50. The van der Waals surface area contributed by atoms with Gasteiger partial charge >= 0.3 is 5.97 Å². The topological polar surface area (TPSA) is 113 Å². The van der Waals surface area contributed by atoms with E-state index >= 15 is 0 Å². The summed E-state index contributed by atoms with van der Waals surface area (Å²) in [5, 5.41) is 14.7. The molecular weight excluding hydrogens is 246 g/mol. The third kappa shape index (κ3) is 6.44. The highest BCUT2D eigenvalue weighted by Gasteiger charge is 2.02. The fraction of sp³-hybridized carbons (Fsp3) is 0.583. The van der Waals surface area contributed by atoms with Gasteiger partial charge < -0.3 is 21.5 Å². The Labute approximate surface area is 112 Å². The molecule has 106 valence electrons. The Morgan fingerprint density at radius 2 is 1.84 bits per heavy atom. The molecule has 0 amide bonds. The Kier molecular flexibility index (Phi) is 6.42. The maximum atomic E-state index is 10.4. The molecule has 0 atom stereocenters. The van der Waals surface area contributed by atoms with Crippen LogP contribution < -0.4 is 16.4 Å². The lowest BCUT2D eigenvalue weighted by molar-refractivity contribution is -0.137. The van der Waals surface area contributed by atoms with E-state index in [1.165, 1.54) is 0 Å². The van der Waals surface area contributed by atoms with Crippen LogP contribution >= 0.6 is 0 Å². The summed E-state index contributed by atoms with van der Waals surface area (Å²) < 4.78 is 0. The first-order chi connectivity index (χ1) is 9.11. The van der Waals surface area contributed by atoms with Gasteiger partial charge in [-0.2, -0.15) is 9.97 Å². The number of carboxylic acid groups (broad SMARTS) is 1. The number of aliphatic carboxylic acids is 1. The van der Waals surface area contributed by atoms with Crippen molar-refractivity contribution in [3.63, 3.8) is 0 Å². The van der Waals surface area contributed by atoms with Gasteiger partial charge in [-0.05, 0) is 12.8 Å². The molecule has 5 N–H and O–H groups in total. The lowest BCUT2D eigenvalue weighted by Crippen LogP contribution is -2.10. The molecule has 0 aromatic carbocycles. The standard InChI is InChI=1S/C12H21N5O2/c1-2-3-6-14-9-8-10(17-12(13)16-9)15-7-4-5-11(18)19/h8H,2-7H2,1H3,(H,18,19)(H4,13,14,15,16,17). The van der Waals surface area contributed by atoms with E-state index in [-0.39, 0.29) is 12.4 Å². The van der Waals surface area contributed by atoms with Crippen LogP contribution in [-0.4, -0.2) is 34.1 Å². The van der Waals surface area contributed by atoms with E-state index in [1.54, 1.807) is 6.07 Å². The second-order valence-corrected chi connectivity index (χ2v) is 4.20. The van der Waals surface area contributed by atoms with Crippen LogP contribution in [0.15, 0.2) is 6.07 Å². The largest absolute Gasteiger partial charge is 0.481 e. The summed E-state index contributed by atoms with van der Waals surface area (Å²) in [5.74, 6) is 0.687. The normalized spacial score (nSPS) is 10.2. The van der Waals surface area contributed by atoms with Crippen molar-refractivity contribution in [1.29, 1.82) is 0 Å². The van der Waals surface area contributed by atoms with Gasteiger partial charge in [-0.1, -0.05) is 13.3 Å². The number of hydrogen-bond acceptors (Lipinski definition) is 6. The molecule has 0 saturated heterocycles. The Morgan fingerprint density at radius 1 is 1.26 bits per heavy atom. The number of rotatable bonds is 9. The van der Waals surface area contributed by atoms with Crippen LogP contribution in [0.3, 0.4) is 0 Å². The molecule has 0 aliphatic rings. The SMILES string of the molecule is CCCCNc1cc(NCCCC(=O)O)nc(N)n1. The van der Waals surface area contributed by atoms with E-state index in [9.17, 15) is 4.79 Å². The summed E-state index contributed by atoms with van der Waals surface area (Å²) in [6.45, 7) is 3.49. The number of nitrogen functional groups attached to an aromatic ring is 1. The molecule has 0 aliphatic heterocycles. The minimum absolute atomic E-state index is 0.134. The van der Waals surface area contributed by atoms with Crippen molar-refractivity contribution in [2.24, 2.45) is 0 Å². The van der Waals surface area contributed by atoms with Crippen molar-refractivity contribution in [1.82, 2.24) is 9.97 Å². The maximum absolute atomic E-state index is 10.4. The Morgan fingerprint density at radius 3 is 2.37 bits per heavy atom. The molecule has 0 bridgehead atoms. The molecule has 0 spiro atoms. The molecule has 7 nitrogen and oxygen atoms in total. The predicted octanol–water partition coefficient (Wildman–Crippen LogP) is 1.55. The van der Waals surface area contributed by atoms with E-state index < -0.39 is 5.97 Å². The number of aromatic nitrogens is 2. The quantitative estimate of drug-likeness (QED) is 0.502. The highest BCUT2D eigenvalue weighted by atomic mass is 16.4. The summed E-state index contributed by atoms with van der Waals surface area (Å²) in [7, 11) is 0. The minimum atomic E-state index is -0.800. The number of unbranched alkanes of at least 4 members (excludes halogenated alkanes) is 1. The van der Waals surface area contributed by atoms with Gasteiger partial charge in [0.2, 0.25) is 5.95 Å². The molecule has 0 radical (unpaired) electrons. The van der Waals surface area contributed by atoms with Gasteiger partial charge in [0.1, 0.15) is 11.6 Å². The average Bonchev–Trinajstić information content (AvgIpc) is 2.34. The highest BCUT2D eigenvalue weighted by Crippen LogP contribution is 2.12. The third-order valence-electron chi connectivity index (χ3n) is 2.45. The van der Waals surface area contributed by atoms with E-state index in [0.29, 0.717) is 24.6 Å². The first kappa shape index (κ1) is 15.0. The van der Waals surface area contributed by atoms with Gasteiger partial charge in [-0.3, -0.25) is 4.79 Å². The van der Waals surface area contributed by atoms with Crippen LogP contribution in [0.4, 0.5) is 17.6 Å².